The van der Waals surface area contributed by atoms with Crippen molar-refractivity contribution < 1.29 is 8.42 Å². The van der Waals surface area contributed by atoms with Crippen LogP contribution in [0.25, 0.3) is 17.3 Å². The number of rotatable bonds is 5. The van der Waals surface area contributed by atoms with Crippen molar-refractivity contribution >= 4 is 16.1 Å². The maximum Gasteiger partial charge on any atom is 0.283 e. The van der Waals surface area contributed by atoms with Crippen molar-refractivity contribution in [1.29, 1.82) is 0 Å². The second-order valence-corrected chi connectivity index (χ2v) is 11.1. The molecule has 0 unspecified atom stereocenters. The van der Waals surface area contributed by atoms with Gasteiger partial charge in [-0.1, -0.05) is 90.5 Å². The lowest BCUT2D eigenvalue weighted by Crippen LogP contribution is -2.32. The molecular weight excluding hydrogens is 478 g/mol. The molecule has 1 aliphatic carbocycles. The Morgan fingerprint density at radius 2 is 1.46 bits per heavy atom. The van der Waals surface area contributed by atoms with Gasteiger partial charge in [0.25, 0.3) is 10.0 Å². The first-order chi connectivity index (χ1) is 18.0. The fraction of sp³-hybridized carbons (Fsp3) is 0.0968. The first-order valence-electron chi connectivity index (χ1n) is 12.1. The number of benzene rings is 3. The number of hydrogen-bond acceptors (Lipinski definition) is 4. The molecule has 0 aliphatic heterocycles. The van der Waals surface area contributed by atoms with E-state index in [1.165, 1.54) is 4.09 Å². The van der Waals surface area contributed by atoms with E-state index in [4.69, 9.17) is 5.10 Å². The van der Waals surface area contributed by atoms with Crippen molar-refractivity contribution in [2.45, 2.75) is 23.7 Å². The molecule has 5 nitrogen and oxygen atoms in total. The first-order valence-corrected chi connectivity index (χ1v) is 13.6. The molecule has 0 spiro atoms. The van der Waals surface area contributed by atoms with Crippen LogP contribution in [0.1, 0.15) is 27.9 Å². The Balaban J connectivity index is 1.61. The predicted molar refractivity (Wildman–Crippen MR) is 146 cm³/mol. The smallest absolute Gasteiger partial charge is 0.264 e. The van der Waals surface area contributed by atoms with Gasteiger partial charge in [0.15, 0.2) is 0 Å². The van der Waals surface area contributed by atoms with Gasteiger partial charge in [-0.25, -0.2) is 0 Å². The summed E-state index contributed by atoms with van der Waals surface area (Å²) in [6.07, 6.45) is 8.06. The zero-order valence-electron chi connectivity index (χ0n) is 20.3. The average molecular weight is 504 g/mol. The summed E-state index contributed by atoms with van der Waals surface area (Å²) in [5.41, 5.74) is 5.44. The van der Waals surface area contributed by atoms with E-state index in [1.54, 1.807) is 24.5 Å². The van der Waals surface area contributed by atoms with Crippen molar-refractivity contribution in [1.82, 2.24) is 14.2 Å². The van der Waals surface area contributed by atoms with E-state index < -0.39 is 15.4 Å². The highest BCUT2D eigenvalue weighted by Crippen LogP contribution is 2.44. The lowest BCUT2D eigenvalue weighted by atomic mass is 9.68. The third kappa shape index (κ3) is 3.90. The van der Waals surface area contributed by atoms with Gasteiger partial charge in [0.05, 0.1) is 10.6 Å². The molecule has 0 atom stereocenters. The molecule has 2 heterocycles. The lowest BCUT2D eigenvalue weighted by Gasteiger charge is -2.35. The second-order valence-electron chi connectivity index (χ2n) is 9.33. The van der Waals surface area contributed by atoms with E-state index in [0.29, 0.717) is 17.8 Å². The van der Waals surface area contributed by atoms with Crippen molar-refractivity contribution in [3.63, 3.8) is 0 Å². The fourth-order valence-corrected chi connectivity index (χ4v) is 6.41. The van der Waals surface area contributed by atoms with E-state index in [0.717, 1.165) is 27.8 Å². The average Bonchev–Trinajstić information content (AvgIpc) is 3.34. The van der Waals surface area contributed by atoms with Crippen LogP contribution in [0.5, 0.6) is 0 Å². The second kappa shape index (κ2) is 8.98. The Hall–Kier alpha value is -4.29. The van der Waals surface area contributed by atoms with Gasteiger partial charge in [0.2, 0.25) is 0 Å². The number of hydrogen-bond donors (Lipinski definition) is 0. The molecule has 6 heteroatoms. The zero-order valence-corrected chi connectivity index (χ0v) is 21.1. The SMILES string of the molecule is Cc1ccc(S(=O)(=O)n2nc(-c3cccnc3)c3c2CC(c2ccccc2)(c2ccccc2)C=C3)cc1. The van der Waals surface area contributed by atoms with Gasteiger partial charge in [-0.2, -0.15) is 17.6 Å². The Morgan fingerprint density at radius 3 is 2.05 bits per heavy atom. The van der Waals surface area contributed by atoms with Crippen LogP contribution >= 0.6 is 0 Å². The number of aromatic nitrogens is 3. The molecule has 182 valence electrons. The number of aryl methyl sites for hydroxylation is 1. The molecule has 0 amide bonds. The van der Waals surface area contributed by atoms with Gasteiger partial charge in [0, 0.05) is 35.4 Å². The molecule has 0 bridgehead atoms. The Morgan fingerprint density at radius 1 is 0.811 bits per heavy atom. The van der Waals surface area contributed by atoms with E-state index in [9.17, 15) is 8.42 Å². The van der Waals surface area contributed by atoms with Crippen LogP contribution in [0.15, 0.2) is 120 Å². The largest absolute Gasteiger partial charge is 0.283 e. The van der Waals surface area contributed by atoms with Gasteiger partial charge < -0.3 is 0 Å². The summed E-state index contributed by atoms with van der Waals surface area (Å²) in [5, 5.41) is 4.72. The number of fused-ring (bicyclic) bond motifs is 1. The van der Waals surface area contributed by atoms with E-state index >= 15 is 0 Å². The fourth-order valence-electron chi connectivity index (χ4n) is 5.09. The quantitative estimate of drug-likeness (QED) is 0.293. The van der Waals surface area contributed by atoms with Gasteiger partial charge in [-0.3, -0.25) is 4.98 Å². The van der Waals surface area contributed by atoms with E-state index in [2.05, 4.69) is 35.3 Å². The molecule has 0 fully saturated rings. The summed E-state index contributed by atoms with van der Waals surface area (Å²) in [7, 11) is -3.95. The first kappa shape index (κ1) is 23.1. The number of nitrogens with zero attached hydrogens (tertiary/aromatic N) is 3. The Kier molecular flexibility index (Phi) is 5.61. The molecule has 3 aromatic carbocycles. The van der Waals surface area contributed by atoms with Crippen LogP contribution < -0.4 is 0 Å². The highest BCUT2D eigenvalue weighted by atomic mass is 32.2. The predicted octanol–water partition coefficient (Wildman–Crippen LogP) is 6.05. The summed E-state index contributed by atoms with van der Waals surface area (Å²) >= 11 is 0. The van der Waals surface area contributed by atoms with Gasteiger partial charge in [-0.05, 0) is 42.3 Å². The van der Waals surface area contributed by atoms with Crippen LogP contribution in [-0.2, 0) is 21.9 Å². The molecule has 5 aromatic rings. The standard InChI is InChI=1S/C31H25N3O2S/c1-23-14-16-27(17-15-23)37(35,36)34-29-21-31(25-10-4-2-5-11-25,26-12-6-3-7-13-26)19-18-28(29)30(33-34)24-9-8-20-32-22-24/h2-20,22H,21H2,1H3. The molecule has 6 rings (SSSR count). The summed E-state index contributed by atoms with van der Waals surface area (Å²) < 4.78 is 29.2. The summed E-state index contributed by atoms with van der Waals surface area (Å²) in [6.45, 7) is 1.94. The molecule has 0 saturated carbocycles. The van der Waals surface area contributed by atoms with Crippen molar-refractivity contribution in [3.8, 4) is 11.3 Å². The minimum Gasteiger partial charge on any atom is -0.264 e. The number of allylic oxidation sites excluding steroid dienone is 1. The van der Waals surface area contributed by atoms with E-state index in [-0.39, 0.29) is 4.90 Å². The van der Waals surface area contributed by atoms with E-state index in [1.807, 2.05) is 73.7 Å². The van der Waals surface area contributed by atoms with Gasteiger partial charge in [0.1, 0.15) is 5.69 Å². The zero-order chi connectivity index (χ0) is 25.5. The minimum atomic E-state index is -3.95. The third-order valence-corrected chi connectivity index (χ3v) is 8.65. The summed E-state index contributed by atoms with van der Waals surface area (Å²) in [5.74, 6) is 0. The van der Waals surface area contributed by atoms with Crippen molar-refractivity contribution in [2.75, 3.05) is 0 Å². The molecule has 0 N–H and O–H groups in total. The molecule has 2 aromatic heterocycles. The molecule has 0 radical (unpaired) electrons. The highest BCUT2D eigenvalue weighted by Gasteiger charge is 2.39. The Bertz CT molecular complexity index is 1650. The van der Waals surface area contributed by atoms with Crippen LogP contribution in [0.2, 0.25) is 0 Å². The van der Waals surface area contributed by atoms with Gasteiger partial charge >= 0.3 is 0 Å². The summed E-state index contributed by atoms with van der Waals surface area (Å²) in [6, 6.07) is 31.1. The highest BCUT2D eigenvalue weighted by molar-refractivity contribution is 7.89. The topological polar surface area (TPSA) is 64.8 Å². The van der Waals surface area contributed by atoms with Crippen LogP contribution in [0, 0.1) is 6.92 Å². The Labute approximate surface area is 216 Å². The molecular formula is C31H25N3O2S. The molecule has 0 saturated heterocycles. The van der Waals surface area contributed by atoms with Crippen molar-refractivity contribution in [3.05, 3.63) is 143 Å². The van der Waals surface area contributed by atoms with Crippen LogP contribution in [-0.4, -0.2) is 22.6 Å². The monoisotopic (exact) mass is 503 g/mol. The van der Waals surface area contributed by atoms with Crippen LogP contribution in [0.3, 0.4) is 0 Å². The number of pyridine rings is 1. The lowest BCUT2D eigenvalue weighted by molar-refractivity contribution is 0.565. The van der Waals surface area contributed by atoms with Crippen molar-refractivity contribution in [2.24, 2.45) is 0 Å². The third-order valence-electron chi connectivity index (χ3n) is 7.03. The van der Waals surface area contributed by atoms with Gasteiger partial charge in [-0.15, -0.1) is 0 Å². The summed E-state index contributed by atoms with van der Waals surface area (Å²) in [4.78, 5) is 4.46. The molecule has 37 heavy (non-hydrogen) atoms. The maximum absolute atomic E-state index is 14.0. The minimum absolute atomic E-state index is 0.209. The van der Waals surface area contributed by atoms with Crippen LogP contribution in [0.4, 0.5) is 0 Å². The normalized spacial score (nSPS) is 14.3. The molecule has 1 aliphatic rings. The maximum atomic E-state index is 14.0.